The number of hydrogen-bond donors (Lipinski definition) is 2. The van der Waals surface area contributed by atoms with Gasteiger partial charge in [-0.15, -0.1) is 23.5 Å². The van der Waals surface area contributed by atoms with E-state index in [0.29, 0.717) is 22.7 Å². The summed E-state index contributed by atoms with van der Waals surface area (Å²) in [6.45, 7) is 2.83. The van der Waals surface area contributed by atoms with Crippen LogP contribution in [0.25, 0.3) is 0 Å². The van der Waals surface area contributed by atoms with Crippen molar-refractivity contribution in [2.45, 2.75) is 36.7 Å². The zero-order valence-electron chi connectivity index (χ0n) is 15.7. The van der Waals surface area contributed by atoms with Crippen molar-refractivity contribution in [3.63, 3.8) is 0 Å². The minimum Gasteiger partial charge on any atom is -0.423 e. The largest absolute Gasteiger partial charge is 0.423 e. The molecule has 0 saturated carbocycles. The Morgan fingerprint density at radius 1 is 0.897 bits per heavy atom. The third-order valence-electron chi connectivity index (χ3n) is 5.17. The summed E-state index contributed by atoms with van der Waals surface area (Å²) in [5.74, 6) is -1.10. The highest BCUT2D eigenvalue weighted by molar-refractivity contribution is 8.00. The summed E-state index contributed by atoms with van der Waals surface area (Å²) in [4.78, 5) is 51.7. The van der Waals surface area contributed by atoms with E-state index < -0.39 is 30.8 Å². The maximum Gasteiger partial charge on any atom is 0.357 e. The highest BCUT2D eigenvalue weighted by atomic mass is 32.2. The highest BCUT2D eigenvalue weighted by Gasteiger charge is 2.52. The summed E-state index contributed by atoms with van der Waals surface area (Å²) in [7, 11) is 0. The molecule has 4 N–H and O–H groups in total. The number of thioether (sulfide) groups is 2. The molecule has 0 aromatic carbocycles. The Morgan fingerprint density at radius 3 is 1.66 bits per heavy atom. The lowest BCUT2D eigenvalue weighted by Gasteiger charge is -2.48. The molecule has 12 heteroatoms. The lowest BCUT2D eigenvalue weighted by molar-refractivity contribution is -0.168. The molecule has 0 aromatic heterocycles. The fraction of sp³-hybridized carbons (Fsp3) is 0.529. The quantitative estimate of drug-likeness (QED) is 0.319. The summed E-state index contributed by atoms with van der Waals surface area (Å²) in [5.41, 5.74) is 13.2. The second-order valence-corrected chi connectivity index (χ2v) is 9.32. The smallest absolute Gasteiger partial charge is 0.357 e. The molecule has 4 aliphatic rings. The van der Waals surface area contributed by atoms with Crippen molar-refractivity contribution in [2.75, 3.05) is 18.3 Å². The minimum atomic E-state index is -0.759. The van der Waals surface area contributed by atoms with Crippen molar-refractivity contribution in [2.24, 2.45) is 11.5 Å². The molecular weight excluding hydrogens is 420 g/mol. The summed E-state index contributed by atoms with van der Waals surface area (Å²) in [5, 5.41) is -0.579. The molecule has 156 valence electrons. The Balaban J connectivity index is 1.38. The standard InChI is InChI=1S/C17H20N4O6S2/c1-6-3-28-14-8(18)12(22)20(14)10(6)16(24)26-5-27-17(25)11-7(2)4-29-15-9(19)13(23)21(11)15/h8-9,14-15H,3-5,18-19H2,1-2H3/t8-,9-,14-,15-/m1/s1. The van der Waals surface area contributed by atoms with Crippen LogP contribution in [0.1, 0.15) is 13.8 Å². The molecule has 2 amide bonds. The van der Waals surface area contributed by atoms with Crippen molar-refractivity contribution in [1.82, 2.24) is 9.80 Å². The van der Waals surface area contributed by atoms with Crippen LogP contribution in [0.15, 0.2) is 22.5 Å². The first-order valence-corrected chi connectivity index (χ1v) is 11.0. The molecule has 4 heterocycles. The van der Waals surface area contributed by atoms with E-state index in [9.17, 15) is 19.2 Å². The number of amides is 2. The molecule has 0 radical (unpaired) electrons. The van der Waals surface area contributed by atoms with E-state index in [1.165, 1.54) is 33.3 Å². The minimum absolute atomic E-state index is 0.143. The van der Waals surface area contributed by atoms with Gasteiger partial charge in [-0.2, -0.15) is 0 Å². The van der Waals surface area contributed by atoms with Crippen molar-refractivity contribution < 1.29 is 28.7 Å². The van der Waals surface area contributed by atoms with Crippen molar-refractivity contribution in [3.8, 4) is 0 Å². The van der Waals surface area contributed by atoms with E-state index in [4.69, 9.17) is 20.9 Å². The van der Waals surface area contributed by atoms with Gasteiger partial charge in [0, 0.05) is 11.5 Å². The van der Waals surface area contributed by atoms with Gasteiger partial charge < -0.3 is 20.9 Å². The van der Waals surface area contributed by atoms with Crippen LogP contribution in [0.3, 0.4) is 0 Å². The van der Waals surface area contributed by atoms with E-state index in [0.717, 1.165) is 0 Å². The molecule has 10 nitrogen and oxygen atoms in total. The van der Waals surface area contributed by atoms with Crippen molar-refractivity contribution in [1.29, 1.82) is 0 Å². The Kier molecular flexibility index (Phi) is 5.13. The predicted octanol–water partition coefficient (Wildman–Crippen LogP) is -0.937. The first-order chi connectivity index (χ1) is 13.7. The second kappa shape index (κ2) is 7.35. The zero-order valence-corrected chi connectivity index (χ0v) is 17.4. The predicted molar refractivity (Wildman–Crippen MR) is 105 cm³/mol. The summed E-state index contributed by atoms with van der Waals surface area (Å²) < 4.78 is 10.1. The highest BCUT2D eigenvalue weighted by Crippen LogP contribution is 2.40. The van der Waals surface area contributed by atoms with Gasteiger partial charge >= 0.3 is 11.9 Å². The maximum atomic E-state index is 12.5. The zero-order chi connectivity index (χ0) is 21.0. The molecule has 0 aromatic rings. The number of carbonyl (C=O) groups excluding carboxylic acids is 4. The van der Waals surface area contributed by atoms with Gasteiger partial charge in [0.1, 0.15) is 34.2 Å². The van der Waals surface area contributed by atoms with Gasteiger partial charge in [-0.25, -0.2) is 9.59 Å². The maximum absolute atomic E-state index is 12.5. The van der Waals surface area contributed by atoms with Gasteiger partial charge in [-0.3, -0.25) is 19.4 Å². The molecule has 0 unspecified atom stereocenters. The first kappa shape index (κ1) is 20.3. The van der Waals surface area contributed by atoms with Crippen LogP contribution in [-0.2, 0) is 28.7 Å². The number of fused-ring (bicyclic) bond motifs is 2. The monoisotopic (exact) mass is 440 g/mol. The first-order valence-electron chi connectivity index (χ1n) is 8.88. The fourth-order valence-electron chi connectivity index (χ4n) is 3.59. The normalized spacial score (nSPS) is 31.0. The molecule has 29 heavy (non-hydrogen) atoms. The summed E-state index contributed by atoms with van der Waals surface area (Å²) >= 11 is 2.96. The molecule has 2 saturated heterocycles. The number of hydrogen-bond acceptors (Lipinski definition) is 10. The molecule has 0 bridgehead atoms. The molecule has 4 aliphatic heterocycles. The van der Waals surface area contributed by atoms with Crippen LogP contribution >= 0.6 is 23.5 Å². The molecule has 4 rings (SSSR count). The van der Waals surface area contributed by atoms with Gasteiger partial charge in [0.15, 0.2) is 0 Å². The van der Waals surface area contributed by atoms with E-state index in [1.807, 2.05) is 0 Å². The lowest BCUT2D eigenvalue weighted by Crippen LogP contribution is -2.68. The van der Waals surface area contributed by atoms with Crippen molar-refractivity contribution >= 4 is 47.3 Å². The number of esters is 2. The topological polar surface area (TPSA) is 145 Å². The lowest BCUT2D eigenvalue weighted by atomic mass is 10.0. The second-order valence-electron chi connectivity index (χ2n) is 7.11. The number of nitrogens with zero attached hydrogens (tertiary/aromatic N) is 2. The van der Waals surface area contributed by atoms with Crippen LogP contribution < -0.4 is 11.5 Å². The van der Waals surface area contributed by atoms with Crippen LogP contribution in [0.4, 0.5) is 0 Å². The van der Waals surface area contributed by atoms with E-state index in [-0.39, 0.29) is 34.0 Å². The Bertz CT molecular complexity index is 817. The molecule has 0 spiro atoms. The summed E-state index contributed by atoms with van der Waals surface area (Å²) in [6.07, 6.45) is 0. The van der Waals surface area contributed by atoms with Gasteiger partial charge in [-0.05, 0) is 25.0 Å². The van der Waals surface area contributed by atoms with Crippen LogP contribution in [-0.4, -0.2) is 74.7 Å². The molecule has 4 atom stereocenters. The summed E-state index contributed by atoms with van der Waals surface area (Å²) in [6, 6.07) is -1.28. The van der Waals surface area contributed by atoms with E-state index in [1.54, 1.807) is 13.8 Å². The average Bonchev–Trinajstić information content (AvgIpc) is 2.71. The molecule has 2 fully saturated rings. The number of nitrogens with two attached hydrogens (primary N) is 2. The van der Waals surface area contributed by atoms with E-state index in [2.05, 4.69) is 0 Å². The third kappa shape index (κ3) is 3.05. The van der Waals surface area contributed by atoms with Crippen LogP contribution in [0.2, 0.25) is 0 Å². The average molecular weight is 441 g/mol. The third-order valence-corrected chi connectivity index (χ3v) is 8.06. The van der Waals surface area contributed by atoms with Crippen molar-refractivity contribution in [3.05, 3.63) is 22.5 Å². The number of β-lactam (4-membered cyclic amide) rings is 2. The Hall–Kier alpha value is -2.02. The SMILES string of the molecule is CC1=C(C(=O)OCOC(=O)C2=C(C)CS[C@@H]3[C@H](N)C(=O)N23)N2C(=O)[C@@H](N)[C@H]2SC1. The van der Waals surface area contributed by atoms with Gasteiger partial charge in [-0.1, -0.05) is 0 Å². The van der Waals surface area contributed by atoms with Gasteiger partial charge in [0.2, 0.25) is 18.6 Å². The number of ether oxygens (including phenoxy) is 2. The number of rotatable bonds is 4. The molecule has 0 aliphatic carbocycles. The molecular formula is C17H20N4O6S2. The van der Waals surface area contributed by atoms with Gasteiger partial charge in [0.25, 0.3) is 0 Å². The van der Waals surface area contributed by atoms with Crippen LogP contribution in [0.5, 0.6) is 0 Å². The Morgan fingerprint density at radius 2 is 1.28 bits per heavy atom. The fourth-order valence-corrected chi connectivity index (χ4v) is 6.07. The van der Waals surface area contributed by atoms with Crippen LogP contribution in [0, 0.1) is 0 Å². The van der Waals surface area contributed by atoms with E-state index >= 15 is 0 Å². The number of carbonyl (C=O) groups is 4. The Labute approximate surface area is 174 Å². The van der Waals surface area contributed by atoms with Gasteiger partial charge in [0.05, 0.1) is 0 Å².